The summed E-state index contributed by atoms with van der Waals surface area (Å²) in [7, 11) is -6.96. The number of benzene rings is 2. The van der Waals surface area contributed by atoms with E-state index >= 15 is 0 Å². The summed E-state index contributed by atoms with van der Waals surface area (Å²) in [4.78, 5) is 15.4. The molecule has 5 rings (SSSR count). The molecular formula is C32H43ClN2O7S2. The summed E-state index contributed by atoms with van der Waals surface area (Å²) >= 11 is 6.31. The molecule has 0 spiro atoms. The Morgan fingerprint density at radius 1 is 1.02 bits per heavy atom. The second-order valence-electron chi connectivity index (χ2n) is 12.4. The second-order valence-corrected chi connectivity index (χ2v) is 17.0. The number of halogens is 1. The van der Waals surface area contributed by atoms with Crippen LogP contribution >= 0.6 is 11.6 Å². The van der Waals surface area contributed by atoms with E-state index in [1.54, 1.807) is 18.2 Å². The van der Waals surface area contributed by atoms with Crippen LogP contribution in [0.25, 0.3) is 0 Å². The molecule has 0 aromatic heterocycles. The van der Waals surface area contributed by atoms with Gasteiger partial charge in [0.1, 0.15) is 22.2 Å². The van der Waals surface area contributed by atoms with E-state index < -0.39 is 25.8 Å². The molecule has 2 aliphatic heterocycles. The summed E-state index contributed by atoms with van der Waals surface area (Å²) in [5, 5.41) is 0.694. The van der Waals surface area contributed by atoms with Gasteiger partial charge in [0.25, 0.3) is 5.91 Å². The first-order valence-corrected chi connectivity index (χ1v) is 19.7. The van der Waals surface area contributed by atoms with E-state index in [4.69, 9.17) is 21.1 Å². The van der Waals surface area contributed by atoms with E-state index in [0.717, 1.165) is 74.8 Å². The van der Waals surface area contributed by atoms with Gasteiger partial charge in [0.15, 0.2) is 0 Å². The predicted octanol–water partition coefficient (Wildman–Crippen LogP) is 5.15. The van der Waals surface area contributed by atoms with Crippen LogP contribution in [-0.4, -0.2) is 66.3 Å². The fraction of sp³-hybridized carbons (Fsp3) is 0.594. The molecule has 3 aliphatic rings. The molecule has 2 heterocycles. The highest BCUT2D eigenvalue weighted by molar-refractivity contribution is 7.90. The molecule has 0 unspecified atom stereocenters. The molecule has 44 heavy (non-hydrogen) atoms. The number of sulfone groups is 1. The minimum atomic E-state index is -3.81. The number of hydrogen-bond acceptors (Lipinski definition) is 8. The molecule has 1 amide bonds. The topological polar surface area (TPSA) is 119 Å². The van der Waals surface area contributed by atoms with Crippen molar-refractivity contribution in [2.24, 2.45) is 11.8 Å². The molecule has 242 valence electrons. The lowest BCUT2D eigenvalue weighted by Gasteiger charge is -2.44. The Morgan fingerprint density at radius 2 is 1.86 bits per heavy atom. The number of aryl methyl sites for hydroxylation is 1. The molecule has 0 saturated heterocycles. The van der Waals surface area contributed by atoms with Crippen LogP contribution in [0.2, 0.25) is 5.02 Å². The normalized spacial score (nSPS) is 24.8. The van der Waals surface area contributed by atoms with E-state index in [9.17, 15) is 21.6 Å². The first-order valence-electron chi connectivity index (χ1n) is 15.6. The fourth-order valence-electron chi connectivity index (χ4n) is 6.51. The van der Waals surface area contributed by atoms with E-state index in [0.29, 0.717) is 36.1 Å². The number of nitrogens with zero attached hydrogens (tertiary/aromatic N) is 1. The second kappa shape index (κ2) is 14.4. The smallest absolute Gasteiger partial charge is 0.264 e. The van der Waals surface area contributed by atoms with Crippen molar-refractivity contribution in [3.63, 3.8) is 0 Å². The average Bonchev–Trinajstić information content (AvgIpc) is 2.96. The molecule has 9 nitrogen and oxygen atoms in total. The van der Waals surface area contributed by atoms with Gasteiger partial charge < -0.3 is 14.4 Å². The molecule has 12 heteroatoms. The SMILES string of the molecule is CS(=O)(=O)CCO[C@@H]1CCCCCS(=O)(=O)NC(=O)c2ccc3c(c2)N(CCCCc2cc(Cl)ccc2CO3)C[C@@H]2CC[C@H]21. The van der Waals surface area contributed by atoms with E-state index in [1.807, 2.05) is 18.2 Å². The molecule has 2 bridgehead atoms. The predicted molar refractivity (Wildman–Crippen MR) is 173 cm³/mol. The number of anilines is 1. The van der Waals surface area contributed by atoms with Crippen LogP contribution < -0.4 is 14.4 Å². The Kier molecular flexibility index (Phi) is 10.8. The van der Waals surface area contributed by atoms with Gasteiger partial charge >= 0.3 is 0 Å². The number of fused-ring (bicyclic) bond motifs is 3. The van der Waals surface area contributed by atoms with Crippen molar-refractivity contribution >= 4 is 43.1 Å². The minimum Gasteiger partial charge on any atom is -0.487 e. The van der Waals surface area contributed by atoms with Gasteiger partial charge in [-0.3, -0.25) is 4.79 Å². The van der Waals surface area contributed by atoms with Gasteiger partial charge in [-0.2, -0.15) is 0 Å². The monoisotopic (exact) mass is 666 g/mol. The standard InChI is InChI=1S/C32H43ClN2O7S2/c1-43(37,38)18-16-41-30-8-3-2-6-17-44(39,40)34-32(36)24-11-14-31-29(20-24)35(21-25-10-13-28(25)30)15-5-4-7-23-19-27(33)12-9-26(23)22-42-31/h9,11-12,14,19-20,25,28,30H,2-8,10,13,15-18,21-22H2,1H3,(H,34,36)/t25-,28+,30+/m0/s1. The van der Waals surface area contributed by atoms with Gasteiger partial charge in [0.05, 0.1) is 29.9 Å². The number of nitrogens with one attached hydrogen (secondary N) is 1. The quantitative estimate of drug-likeness (QED) is 0.476. The first-order chi connectivity index (χ1) is 21.0. The Balaban J connectivity index is 1.47. The summed E-state index contributed by atoms with van der Waals surface area (Å²) in [6.07, 6.45) is 8.48. The summed E-state index contributed by atoms with van der Waals surface area (Å²) in [6.45, 7) is 1.96. The van der Waals surface area contributed by atoms with Gasteiger partial charge in [0.2, 0.25) is 10.0 Å². The third-order valence-electron chi connectivity index (χ3n) is 9.08. The number of amides is 1. The maximum Gasteiger partial charge on any atom is 0.264 e. The van der Waals surface area contributed by atoms with Crippen molar-refractivity contribution < 1.29 is 31.1 Å². The van der Waals surface area contributed by atoms with Gasteiger partial charge in [-0.05, 0) is 98.2 Å². The lowest BCUT2D eigenvalue weighted by molar-refractivity contribution is -0.0414. The van der Waals surface area contributed by atoms with Crippen LogP contribution in [0.1, 0.15) is 72.9 Å². The Morgan fingerprint density at radius 3 is 2.64 bits per heavy atom. The maximum atomic E-state index is 13.2. The molecule has 1 saturated carbocycles. The number of sulfonamides is 1. The molecule has 1 aliphatic carbocycles. The van der Waals surface area contributed by atoms with E-state index in [2.05, 4.69) is 9.62 Å². The molecule has 2 aromatic carbocycles. The van der Waals surface area contributed by atoms with Crippen LogP contribution in [0, 0.1) is 11.8 Å². The first kappa shape index (κ1) is 33.0. The van der Waals surface area contributed by atoms with Crippen LogP contribution in [-0.2, 0) is 37.6 Å². The summed E-state index contributed by atoms with van der Waals surface area (Å²) in [6, 6.07) is 11.0. The average molecular weight is 667 g/mol. The lowest BCUT2D eigenvalue weighted by Crippen LogP contribution is -2.45. The number of carbonyl (C=O) groups excluding carboxylic acids is 1. The zero-order valence-electron chi connectivity index (χ0n) is 25.3. The highest BCUT2D eigenvalue weighted by atomic mass is 35.5. The van der Waals surface area contributed by atoms with Gasteiger partial charge in [-0.1, -0.05) is 30.5 Å². The molecule has 2 aromatic rings. The van der Waals surface area contributed by atoms with Crippen molar-refractivity contribution in [1.82, 2.24) is 4.72 Å². The Labute approximate surface area is 266 Å². The largest absolute Gasteiger partial charge is 0.487 e. The zero-order valence-corrected chi connectivity index (χ0v) is 27.7. The van der Waals surface area contributed by atoms with Crippen LogP contribution in [0.4, 0.5) is 5.69 Å². The minimum absolute atomic E-state index is 0.0218. The van der Waals surface area contributed by atoms with Gasteiger partial charge in [-0.15, -0.1) is 0 Å². The van der Waals surface area contributed by atoms with Crippen molar-refractivity contribution in [2.75, 3.05) is 42.4 Å². The van der Waals surface area contributed by atoms with Crippen molar-refractivity contribution in [3.8, 4) is 5.75 Å². The van der Waals surface area contributed by atoms with E-state index in [-0.39, 0.29) is 35.7 Å². The van der Waals surface area contributed by atoms with Crippen molar-refractivity contribution in [3.05, 3.63) is 58.1 Å². The van der Waals surface area contributed by atoms with Crippen LogP contribution in [0.15, 0.2) is 36.4 Å². The lowest BCUT2D eigenvalue weighted by atomic mass is 9.69. The molecule has 1 fully saturated rings. The Hall–Kier alpha value is -2.34. The van der Waals surface area contributed by atoms with Crippen LogP contribution in [0.5, 0.6) is 5.75 Å². The highest BCUT2D eigenvalue weighted by Crippen LogP contribution is 2.42. The zero-order chi connectivity index (χ0) is 31.3. The molecule has 3 atom stereocenters. The number of hydrogen-bond donors (Lipinski definition) is 1. The third kappa shape index (κ3) is 8.89. The van der Waals surface area contributed by atoms with Gasteiger partial charge in [-0.25, -0.2) is 21.6 Å². The van der Waals surface area contributed by atoms with Crippen molar-refractivity contribution in [2.45, 2.75) is 70.5 Å². The van der Waals surface area contributed by atoms with Crippen LogP contribution in [0.3, 0.4) is 0 Å². The maximum absolute atomic E-state index is 13.2. The Bertz CT molecular complexity index is 1550. The van der Waals surface area contributed by atoms with Gasteiger partial charge in [0, 0.05) is 29.9 Å². The van der Waals surface area contributed by atoms with E-state index in [1.165, 1.54) is 6.26 Å². The number of rotatable bonds is 4. The molecule has 0 radical (unpaired) electrons. The third-order valence-corrected chi connectivity index (χ3v) is 11.5. The summed E-state index contributed by atoms with van der Waals surface area (Å²) in [5.41, 5.74) is 3.25. The fourth-order valence-corrected chi connectivity index (χ4v) is 8.19. The number of carbonyl (C=O) groups is 1. The summed E-state index contributed by atoms with van der Waals surface area (Å²) < 4.78 is 64.0. The summed E-state index contributed by atoms with van der Waals surface area (Å²) in [5.74, 6) is 0.421. The molecule has 1 N–H and O–H groups in total. The van der Waals surface area contributed by atoms with Crippen molar-refractivity contribution in [1.29, 1.82) is 0 Å². The molecular weight excluding hydrogens is 624 g/mol. The number of ether oxygens (including phenoxy) is 2. The highest BCUT2D eigenvalue weighted by Gasteiger charge is 2.39.